The number of benzene rings is 1. The number of halogens is 1. The molecule has 2 rings (SSSR count). The molecule has 1 atom stereocenters. The predicted molar refractivity (Wildman–Crippen MR) is 77.3 cm³/mol. The van der Waals surface area contributed by atoms with Gasteiger partial charge in [0.15, 0.2) is 0 Å². The topological polar surface area (TPSA) is 42.0 Å². The summed E-state index contributed by atoms with van der Waals surface area (Å²) in [6.07, 6.45) is 2.22. The maximum absolute atomic E-state index is 12.7. The van der Waals surface area contributed by atoms with E-state index in [1.54, 1.807) is 0 Å². The first-order valence-corrected chi connectivity index (χ1v) is 6.63. The Hall–Kier alpha value is -2.23. The molecule has 0 aliphatic carbocycles. The van der Waals surface area contributed by atoms with Crippen LogP contribution in [0, 0.1) is 5.95 Å². The van der Waals surface area contributed by atoms with Crippen molar-refractivity contribution in [1.29, 1.82) is 0 Å². The molecule has 0 aliphatic rings. The summed E-state index contributed by atoms with van der Waals surface area (Å²) in [7, 11) is 0. The van der Waals surface area contributed by atoms with E-state index in [2.05, 4.69) is 24.1 Å². The lowest BCUT2D eigenvalue weighted by molar-refractivity contribution is 0.102. The smallest absolute Gasteiger partial charge is 0.257 e. The maximum Gasteiger partial charge on any atom is 0.257 e. The van der Waals surface area contributed by atoms with Crippen LogP contribution in [0.4, 0.5) is 10.1 Å². The molecular weight excluding hydrogens is 255 g/mol. The summed E-state index contributed by atoms with van der Waals surface area (Å²) in [6.45, 7) is 4.22. The Morgan fingerprint density at radius 3 is 2.70 bits per heavy atom. The van der Waals surface area contributed by atoms with Crippen LogP contribution in [0.1, 0.15) is 42.1 Å². The Morgan fingerprint density at radius 1 is 1.30 bits per heavy atom. The molecule has 0 saturated carbocycles. The van der Waals surface area contributed by atoms with Gasteiger partial charge in [-0.1, -0.05) is 32.0 Å². The van der Waals surface area contributed by atoms with E-state index < -0.39 is 5.95 Å². The lowest BCUT2D eigenvalue weighted by Crippen LogP contribution is -2.14. The number of pyridine rings is 1. The van der Waals surface area contributed by atoms with E-state index in [-0.39, 0.29) is 5.91 Å². The third-order valence-electron chi connectivity index (χ3n) is 3.34. The summed E-state index contributed by atoms with van der Waals surface area (Å²) in [5.74, 6) is -0.521. The number of hydrogen-bond donors (Lipinski definition) is 1. The fourth-order valence-corrected chi connectivity index (χ4v) is 1.97. The van der Waals surface area contributed by atoms with Crippen molar-refractivity contribution in [3.05, 3.63) is 59.7 Å². The van der Waals surface area contributed by atoms with Crippen LogP contribution in [0.5, 0.6) is 0 Å². The van der Waals surface area contributed by atoms with Gasteiger partial charge in [0.1, 0.15) is 0 Å². The molecule has 1 amide bonds. The molecule has 1 aromatic carbocycles. The average molecular weight is 272 g/mol. The second-order valence-electron chi connectivity index (χ2n) is 4.72. The third-order valence-corrected chi connectivity index (χ3v) is 3.34. The van der Waals surface area contributed by atoms with Gasteiger partial charge in [-0.15, -0.1) is 0 Å². The molecule has 0 fully saturated rings. The summed E-state index contributed by atoms with van der Waals surface area (Å²) < 4.78 is 12.7. The van der Waals surface area contributed by atoms with Crippen LogP contribution < -0.4 is 5.32 Å². The number of aromatic nitrogens is 1. The molecule has 2 aromatic rings. The monoisotopic (exact) mass is 272 g/mol. The zero-order valence-corrected chi connectivity index (χ0v) is 11.6. The number of hydrogen-bond acceptors (Lipinski definition) is 2. The highest BCUT2D eigenvalue weighted by Crippen LogP contribution is 2.26. The Morgan fingerprint density at radius 2 is 2.05 bits per heavy atom. The fourth-order valence-electron chi connectivity index (χ4n) is 1.97. The number of carbonyl (C=O) groups excluding carboxylic acids is 1. The van der Waals surface area contributed by atoms with Gasteiger partial charge in [0.25, 0.3) is 5.91 Å². The van der Waals surface area contributed by atoms with Gasteiger partial charge in [0.2, 0.25) is 5.95 Å². The maximum atomic E-state index is 12.7. The van der Waals surface area contributed by atoms with Gasteiger partial charge >= 0.3 is 0 Å². The molecule has 0 spiro atoms. The number of nitrogens with zero attached hydrogens (tertiary/aromatic N) is 1. The SMILES string of the molecule is CCC(C)c1ccccc1NC(=O)c1ccc(F)nc1. The first-order valence-electron chi connectivity index (χ1n) is 6.63. The Balaban J connectivity index is 2.21. The number of nitrogens with one attached hydrogen (secondary N) is 1. The van der Waals surface area contributed by atoms with Crippen molar-refractivity contribution in [2.24, 2.45) is 0 Å². The summed E-state index contributed by atoms with van der Waals surface area (Å²) in [5, 5.41) is 2.86. The number of carbonyl (C=O) groups is 1. The Bertz CT molecular complexity index is 596. The molecule has 1 N–H and O–H groups in total. The molecule has 1 unspecified atom stereocenters. The van der Waals surface area contributed by atoms with Crippen LogP contribution in [0.3, 0.4) is 0 Å². The lowest BCUT2D eigenvalue weighted by atomic mass is 9.97. The molecule has 1 heterocycles. The van der Waals surface area contributed by atoms with Crippen LogP contribution in [0.25, 0.3) is 0 Å². The highest BCUT2D eigenvalue weighted by molar-refractivity contribution is 6.04. The highest BCUT2D eigenvalue weighted by atomic mass is 19.1. The van der Waals surface area contributed by atoms with Gasteiger partial charge in [-0.3, -0.25) is 4.79 Å². The van der Waals surface area contributed by atoms with Crippen LogP contribution in [-0.4, -0.2) is 10.9 Å². The molecule has 0 radical (unpaired) electrons. The molecule has 3 nitrogen and oxygen atoms in total. The molecule has 20 heavy (non-hydrogen) atoms. The van der Waals surface area contributed by atoms with Crippen LogP contribution in [0.2, 0.25) is 0 Å². The van der Waals surface area contributed by atoms with Gasteiger partial charge in [-0.2, -0.15) is 4.39 Å². The highest BCUT2D eigenvalue weighted by Gasteiger charge is 2.12. The number of para-hydroxylation sites is 1. The normalized spacial score (nSPS) is 11.9. The minimum Gasteiger partial charge on any atom is -0.322 e. The summed E-state index contributed by atoms with van der Waals surface area (Å²) in [6, 6.07) is 10.3. The van der Waals surface area contributed by atoms with E-state index in [1.165, 1.54) is 18.3 Å². The summed E-state index contributed by atoms with van der Waals surface area (Å²) >= 11 is 0. The zero-order chi connectivity index (χ0) is 14.5. The standard InChI is InChI=1S/C16H17FN2O/c1-3-11(2)13-6-4-5-7-14(13)19-16(20)12-8-9-15(17)18-10-12/h4-11H,3H2,1-2H3,(H,19,20). The Labute approximate surface area is 117 Å². The van der Waals surface area contributed by atoms with Gasteiger partial charge < -0.3 is 5.32 Å². The third kappa shape index (κ3) is 3.20. The van der Waals surface area contributed by atoms with E-state index in [4.69, 9.17) is 0 Å². The zero-order valence-electron chi connectivity index (χ0n) is 11.6. The average Bonchev–Trinajstić information content (AvgIpc) is 2.47. The minimum absolute atomic E-state index is 0.284. The van der Waals surface area contributed by atoms with Crippen LogP contribution >= 0.6 is 0 Å². The van der Waals surface area contributed by atoms with Gasteiger partial charge in [-0.05, 0) is 36.1 Å². The van der Waals surface area contributed by atoms with Crippen LogP contribution in [0.15, 0.2) is 42.6 Å². The fraction of sp³-hybridized carbons (Fsp3) is 0.250. The van der Waals surface area contributed by atoms with Crippen molar-refractivity contribution >= 4 is 11.6 Å². The van der Waals surface area contributed by atoms with Gasteiger partial charge in [0, 0.05) is 11.9 Å². The quantitative estimate of drug-likeness (QED) is 0.855. The first-order chi connectivity index (χ1) is 9.61. The number of amides is 1. The minimum atomic E-state index is -0.596. The van der Waals surface area contributed by atoms with E-state index in [0.29, 0.717) is 11.5 Å². The first kappa shape index (κ1) is 14.2. The molecule has 4 heteroatoms. The van der Waals surface area contributed by atoms with Crippen molar-refractivity contribution in [1.82, 2.24) is 4.98 Å². The molecule has 0 bridgehead atoms. The summed E-state index contributed by atoms with van der Waals surface area (Å²) in [4.78, 5) is 15.6. The van der Waals surface area contributed by atoms with Crippen molar-refractivity contribution in [2.45, 2.75) is 26.2 Å². The largest absolute Gasteiger partial charge is 0.322 e. The van der Waals surface area contributed by atoms with Crippen molar-refractivity contribution in [3.63, 3.8) is 0 Å². The van der Waals surface area contributed by atoms with E-state index >= 15 is 0 Å². The Kier molecular flexibility index (Phi) is 4.45. The van der Waals surface area contributed by atoms with E-state index in [1.807, 2.05) is 24.3 Å². The molecule has 0 aliphatic heterocycles. The second-order valence-corrected chi connectivity index (χ2v) is 4.72. The molecule has 104 valence electrons. The number of rotatable bonds is 4. The van der Waals surface area contributed by atoms with E-state index in [9.17, 15) is 9.18 Å². The lowest BCUT2D eigenvalue weighted by Gasteiger charge is -2.15. The van der Waals surface area contributed by atoms with E-state index in [0.717, 1.165) is 17.7 Å². The molecule has 0 saturated heterocycles. The summed E-state index contributed by atoms with van der Waals surface area (Å²) in [5.41, 5.74) is 2.22. The van der Waals surface area contributed by atoms with Gasteiger partial charge in [0.05, 0.1) is 5.56 Å². The number of anilines is 1. The second kappa shape index (κ2) is 6.28. The predicted octanol–water partition coefficient (Wildman–Crippen LogP) is 3.99. The van der Waals surface area contributed by atoms with Crippen molar-refractivity contribution in [2.75, 3.05) is 5.32 Å². The van der Waals surface area contributed by atoms with Crippen LogP contribution in [-0.2, 0) is 0 Å². The van der Waals surface area contributed by atoms with Crippen molar-refractivity contribution in [3.8, 4) is 0 Å². The van der Waals surface area contributed by atoms with Crippen molar-refractivity contribution < 1.29 is 9.18 Å². The molecule has 1 aromatic heterocycles. The van der Waals surface area contributed by atoms with Gasteiger partial charge in [-0.25, -0.2) is 4.98 Å². The molecular formula is C16H17FN2O.